The lowest BCUT2D eigenvalue weighted by atomic mass is 9.97. The van der Waals surface area contributed by atoms with Gasteiger partial charge in [0.25, 0.3) is 0 Å². The van der Waals surface area contributed by atoms with Crippen molar-refractivity contribution in [2.75, 3.05) is 13.1 Å². The van der Waals surface area contributed by atoms with Gasteiger partial charge >= 0.3 is 6.09 Å². The third-order valence-electron chi connectivity index (χ3n) is 5.31. The molecular weight excluding hydrogens is 370 g/mol. The van der Waals surface area contributed by atoms with Crippen LogP contribution in [-0.4, -0.2) is 41.9 Å². The molecule has 1 aromatic rings. The Morgan fingerprint density at radius 1 is 1.28 bits per heavy atom. The van der Waals surface area contributed by atoms with E-state index in [2.05, 4.69) is 26.5 Å². The van der Waals surface area contributed by atoms with Crippen LogP contribution >= 0.6 is 0 Å². The molecule has 0 aromatic heterocycles. The maximum absolute atomic E-state index is 13.2. The van der Waals surface area contributed by atoms with Crippen LogP contribution in [0.15, 0.2) is 70.6 Å². The van der Waals surface area contributed by atoms with Gasteiger partial charge in [-0.15, -0.1) is 0 Å². The lowest BCUT2D eigenvalue weighted by molar-refractivity contribution is -0.124. The molecule has 3 aliphatic rings. The summed E-state index contributed by atoms with van der Waals surface area (Å²) in [5.41, 5.74) is 7.90. The lowest BCUT2D eigenvalue weighted by Gasteiger charge is -2.22. The molecule has 0 saturated carbocycles. The van der Waals surface area contributed by atoms with Crippen LogP contribution < -0.4 is 21.4 Å². The molecule has 1 unspecified atom stereocenters. The van der Waals surface area contributed by atoms with E-state index in [1.807, 2.05) is 48.8 Å². The molecule has 0 radical (unpaired) electrons. The Bertz CT molecular complexity index is 933. The van der Waals surface area contributed by atoms with Crippen LogP contribution in [0.5, 0.6) is 0 Å². The van der Waals surface area contributed by atoms with Gasteiger partial charge in [0, 0.05) is 24.9 Å². The molecule has 4 rings (SSSR count). The van der Waals surface area contributed by atoms with Gasteiger partial charge in [0.1, 0.15) is 0 Å². The average molecular weight is 393 g/mol. The highest BCUT2D eigenvalue weighted by atomic mass is 16.4. The first-order valence-corrected chi connectivity index (χ1v) is 9.59. The molecule has 1 aromatic carbocycles. The summed E-state index contributed by atoms with van der Waals surface area (Å²) in [7, 11) is 0. The van der Waals surface area contributed by atoms with Crippen molar-refractivity contribution in [1.29, 1.82) is 0 Å². The number of hydrogen-bond donors (Lipinski definition) is 5. The Balaban J connectivity index is 1.51. The highest BCUT2D eigenvalue weighted by molar-refractivity contribution is 6.14. The lowest BCUT2D eigenvalue weighted by Crippen LogP contribution is -2.47. The number of amides is 2. The van der Waals surface area contributed by atoms with Crippen molar-refractivity contribution in [3.63, 3.8) is 0 Å². The number of hydrazone groups is 1. The third kappa shape index (κ3) is 4.16. The van der Waals surface area contributed by atoms with Crippen molar-refractivity contribution >= 4 is 17.7 Å². The molecule has 8 nitrogen and oxygen atoms in total. The monoisotopic (exact) mass is 393 g/mol. The molecular formula is C21H23N5O3. The second-order valence-corrected chi connectivity index (χ2v) is 7.25. The normalized spacial score (nSPS) is 20.3. The number of nitrogens with zero attached hydrogens (tertiary/aromatic N) is 1. The first-order valence-electron chi connectivity index (χ1n) is 9.59. The largest absolute Gasteiger partial charge is 0.465 e. The molecule has 2 amide bonds. The number of nitrogens with one attached hydrogen (secondary N) is 4. The van der Waals surface area contributed by atoms with Gasteiger partial charge in [-0.05, 0) is 41.8 Å². The Morgan fingerprint density at radius 3 is 2.90 bits per heavy atom. The number of carbonyl (C=O) groups excluding carboxylic acids is 1. The van der Waals surface area contributed by atoms with Crippen LogP contribution in [0.3, 0.4) is 0 Å². The van der Waals surface area contributed by atoms with E-state index in [4.69, 9.17) is 5.11 Å². The standard InChI is InChI=1S/C21H23N5O3/c27-20(25-15(11-23-21(28)29)8-13-4-2-1-3-5-13)16-9-14-10-24-26-18-6-7-22-12-17(16)19(14)18/h1-7,10,15-16,22-24H,8-9,11-12H2,(H,25,27)(H,28,29)/t15-,16?/m0/s1. The predicted molar refractivity (Wildman–Crippen MR) is 109 cm³/mol. The van der Waals surface area contributed by atoms with E-state index in [9.17, 15) is 9.59 Å². The van der Waals surface area contributed by atoms with Crippen LogP contribution in [0.4, 0.5) is 4.79 Å². The molecule has 1 aliphatic carbocycles. The Labute approximate surface area is 168 Å². The minimum atomic E-state index is -1.11. The van der Waals surface area contributed by atoms with Gasteiger partial charge in [-0.3, -0.25) is 10.2 Å². The summed E-state index contributed by atoms with van der Waals surface area (Å²) in [4.78, 5) is 24.2. The van der Waals surface area contributed by atoms with Crippen molar-refractivity contribution in [3.8, 4) is 0 Å². The maximum Gasteiger partial charge on any atom is 0.404 e. The van der Waals surface area contributed by atoms with E-state index < -0.39 is 6.09 Å². The van der Waals surface area contributed by atoms with Crippen molar-refractivity contribution in [3.05, 3.63) is 71.1 Å². The molecule has 0 bridgehead atoms. The Hall–Kier alpha value is -3.55. The SMILES string of the molecule is O=C(O)NC[C@H](Cc1ccccc1)NC(=O)C1CC2=CNN=C3C=CNCC1=C23. The van der Waals surface area contributed by atoms with Crippen molar-refractivity contribution < 1.29 is 14.7 Å². The molecule has 8 heteroatoms. The quantitative estimate of drug-likeness (QED) is 0.499. The minimum absolute atomic E-state index is 0.0982. The van der Waals surface area contributed by atoms with Gasteiger partial charge in [0.05, 0.1) is 17.7 Å². The zero-order valence-corrected chi connectivity index (χ0v) is 15.8. The smallest absolute Gasteiger partial charge is 0.404 e. The molecule has 0 fully saturated rings. The second kappa shape index (κ2) is 8.22. The first kappa shape index (κ1) is 18.8. The number of benzene rings is 1. The maximum atomic E-state index is 13.2. The highest BCUT2D eigenvalue weighted by Gasteiger charge is 2.37. The Morgan fingerprint density at radius 2 is 2.10 bits per heavy atom. The van der Waals surface area contributed by atoms with E-state index in [-0.39, 0.29) is 24.4 Å². The summed E-state index contributed by atoms with van der Waals surface area (Å²) in [6, 6.07) is 9.37. The van der Waals surface area contributed by atoms with E-state index in [0.717, 1.165) is 28.0 Å². The van der Waals surface area contributed by atoms with E-state index in [1.165, 1.54) is 0 Å². The summed E-state index contributed by atoms with van der Waals surface area (Å²) in [6.07, 6.45) is 5.62. The second-order valence-electron chi connectivity index (χ2n) is 7.25. The van der Waals surface area contributed by atoms with Crippen molar-refractivity contribution in [2.24, 2.45) is 11.0 Å². The van der Waals surface area contributed by atoms with Gasteiger partial charge in [-0.1, -0.05) is 30.3 Å². The topological polar surface area (TPSA) is 115 Å². The molecule has 2 atom stereocenters. The van der Waals surface area contributed by atoms with Gasteiger partial charge in [0.2, 0.25) is 5.91 Å². The molecule has 29 heavy (non-hydrogen) atoms. The molecule has 2 aliphatic heterocycles. The van der Waals surface area contributed by atoms with Crippen molar-refractivity contribution in [1.82, 2.24) is 21.4 Å². The summed E-state index contributed by atoms with van der Waals surface area (Å²) in [5.74, 6) is -0.407. The number of carboxylic acid groups (broad SMARTS) is 1. The zero-order chi connectivity index (χ0) is 20.2. The number of hydrogen-bond acceptors (Lipinski definition) is 5. The fourth-order valence-corrected chi connectivity index (χ4v) is 4.00. The van der Waals surface area contributed by atoms with Gasteiger partial charge in [-0.25, -0.2) is 4.79 Å². The molecule has 150 valence electrons. The van der Waals surface area contributed by atoms with Crippen LogP contribution in [0.25, 0.3) is 0 Å². The fraction of sp³-hybridized carbons (Fsp3) is 0.286. The van der Waals surface area contributed by atoms with Gasteiger partial charge in [-0.2, -0.15) is 5.10 Å². The summed E-state index contributed by atoms with van der Waals surface area (Å²) in [6.45, 7) is 0.725. The predicted octanol–water partition coefficient (Wildman–Crippen LogP) is 1.26. The zero-order valence-electron chi connectivity index (χ0n) is 15.8. The van der Waals surface area contributed by atoms with Crippen LogP contribution in [0.2, 0.25) is 0 Å². The highest BCUT2D eigenvalue weighted by Crippen LogP contribution is 2.39. The number of rotatable bonds is 6. The van der Waals surface area contributed by atoms with E-state index in [0.29, 0.717) is 19.4 Å². The number of carbonyl (C=O) groups is 2. The minimum Gasteiger partial charge on any atom is -0.465 e. The first-order chi connectivity index (χ1) is 14.1. The average Bonchev–Trinajstić information content (AvgIpc) is 2.95. The van der Waals surface area contributed by atoms with Gasteiger partial charge in [0.15, 0.2) is 0 Å². The van der Waals surface area contributed by atoms with Crippen LogP contribution in [0.1, 0.15) is 12.0 Å². The fourth-order valence-electron chi connectivity index (χ4n) is 4.00. The summed E-state index contributed by atoms with van der Waals surface area (Å²) < 4.78 is 0. The molecule has 5 N–H and O–H groups in total. The molecule has 0 spiro atoms. The Kier molecular flexibility index (Phi) is 5.33. The van der Waals surface area contributed by atoms with E-state index in [1.54, 1.807) is 0 Å². The summed E-state index contributed by atoms with van der Waals surface area (Å²) >= 11 is 0. The molecule has 0 saturated heterocycles. The van der Waals surface area contributed by atoms with Crippen molar-refractivity contribution in [2.45, 2.75) is 18.9 Å². The molecule has 2 heterocycles. The number of allylic oxidation sites excluding steroid dienone is 3. The summed E-state index contributed by atoms with van der Waals surface area (Å²) in [5, 5.41) is 22.0. The van der Waals surface area contributed by atoms with Gasteiger partial charge < -0.3 is 21.1 Å². The van der Waals surface area contributed by atoms with Crippen LogP contribution in [-0.2, 0) is 11.2 Å². The van der Waals surface area contributed by atoms with Crippen LogP contribution in [0, 0.1) is 5.92 Å². The van der Waals surface area contributed by atoms with E-state index >= 15 is 0 Å². The third-order valence-corrected chi connectivity index (χ3v) is 5.31.